The lowest BCUT2D eigenvalue weighted by molar-refractivity contribution is -0.0809. The smallest absolute Gasteiger partial charge is 0.257 e. The minimum Gasteiger partial charge on any atom is -0.384 e. The van der Waals surface area contributed by atoms with E-state index in [2.05, 4.69) is 11.4 Å². The van der Waals surface area contributed by atoms with Crippen LogP contribution in [-0.2, 0) is 22.4 Å². The molecule has 3 aliphatic rings. The molecule has 26 heavy (non-hydrogen) atoms. The summed E-state index contributed by atoms with van der Waals surface area (Å²) in [4.78, 5) is 25.8. The number of amides is 1. The Bertz CT molecular complexity index is 951. The van der Waals surface area contributed by atoms with Crippen LogP contribution in [0.1, 0.15) is 22.3 Å². The fourth-order valence-corrected chi connectivity index (χ4v) is 4.98. The van der Waals surface area contributed by atoms with Crippen LogP contribution in [0.5, 0.6) is 0 Å². The Morgan fingerprint density at radius 3 is 3.15 bits per heavy atom. The molecule has 5 rings (SSSR count). The molecule has 6 nitrogen and oxygen atoms in total. The average molecular weight is 354 g/mol. The molecule has 2 aromatic rings. The van der Waals surface area contributed by atoms with E-state index in [0.29, 0.717) is 17.9 Å². The fourth-order valence-electron chi connectivity index (χ4n) is 4.98. The zero-order chi connectivity index (χ0) is 17.8. The summed E-state index contributed by atoms with van der Waals surface area (Å²) in [5.41, 5.74) is 2.20. The van der Waals surface area contributed by atoms with Crippen molar-refractivity contribution in [3.63, 3.8) is 0 Å². The van der Waals surface area contributed by atoms with Crippen LogP contribution in [0.3, 0.4) is 0 Å². The van der Waals surface area contributed by atoms with E-state index < -0.39 is 0 Å². The molecule has 1 aromatic heterocycles. The third kappa shape index (κ3) is 2.18. The van der Waals surface area contributed by atoms with Gasteiger partial charge in [0.05, 0.1) is 18.2 Å². The van der Waals surface area contributed by atoms with Crippen LogP contribution in [0, 0.1) is 11.8 Å². The lowest BCUT2D eigenvalue weighted by atomic mass is 9.67. The topological polar surface area (TPSA) is 69.6 Å². The molecule has 2 aliphatic heterocycles. The molecular formula is C20H22N2O4. The lowest BCUT2D eigenvalue weighted by Gasteiger charge is -2.47. The van der Waals surface area contributed by atoms with Crippen LogP contribution in [-0.4, -0.2) is 42.9 Å². The average Bonchev–Trinajstić information content (AvgIpc) is 3.26. The number of ether oxygens (including phenoxy) is 2. The third-order valence-corrected chi connectivity index (χ3v) is 6.23. The summed E-state index contributed by atoms with van der Waals surface area (Å²) in [7, 11) is 1.66. The first-order valence-corrected chi connectivity index (χ1v) is 9.25. The Morgan fingerprint density at radius 2 is 2.31 bits per heavy atom. The van der Waals surface area contributed by atoms with Gasteiger partial charge in [-0.25, -0.2) is 0 Å². The lowest BCUT2D eigenvalue weighted by Crippen LogP contribution is -2.63. The first-order valence-electron chi connectivity index (χ1n) is 9.25. The van der Waals surface area contributed by atoms with Gasteiger partial charge in [-0.1, -0.05) is 12.1 Å². The molecule has 1 aliphatic carbocycles. The van der Waals surface area contributed by atoms with Gasteiger partial charge in [0.2, 0.25) is 5.43 Å². The maximum Gasteiger partial charge on any atom is 0.257 e. The van der Waals surface area contributed by atoms with Gasteiger partial charge < -0.3 is 19.4 Å². The Kier molecular flexibility index (Phi) is 3.65. The molecule has 0 spiro atoms. The molecule has 2 fully saturated rings. The number of benzene rings is 1. The van der Waals surface area contributed by atoms with E-state index >= 15 is 0 Å². The number of fused-ring (bicyclic) bond motifs is 1. The highest BCUT2D eigenvalue weighted by molar-refractivity contribution is 5.98. The number of nitrogens with zero attached hydrogens (tertiary/aromatic N) is 1. The van der Waals surface area contributed by atoms with Gasteiger partial charge >= 0.3 is 0 Å². The number of carbonyl (C=O) groups is 1. The van der Waals surface area contributed by atoms with E-state index in [1.165, 1.54) is 5.56 Å². The van der Waals surface area contributed by atoms with Crippen molar-refractivity contribution in [3.8, 4) is 0 Å². The Balaban J connectivity index is 1.47. The van der Waals surface area contributed by atoms with E-state index in [-0.39, 0.29) is 35.0 Å². The second-order valence-electron chi connectivity index (χ2n) is 7.53. The summed E-state index contributed by atoms with van der Waals surface area (Å²) < 4.78 is 13.1. The van der Waals surface area contributed by atoms with Gasteiger partial charge in [-0.2, -0.15) is 0 Å². The van der Waals surface area contributed by atoms with Crippen LogP contribution in [0.15, 0.2) is 29.2 Å². The van der Waals surface area contributed by atoms with E-state index in [9.17, 15) is 9.59 Å². The summed E-state index contributed by atoms with van der Waals surface area (Å²) in [6.45, 7) is 2.09. The predicted molar refractivity (Wildman–Crippen MR) is 96.4 cm³/mol. The molecule has 3 heterocycles. The van der Waals surface area contributed by atoms with Crippen LogP contribution >= 0.6 is 0 Å². The highest BCUT2D eigenvalue weighted by Gasteiger charge is 2.54. The van der Waals surface area contributed by atoms with Crippen LogP contribution in [0.25, 0.3) is 10.9 Å². The predicted octanol–water partition coefficient (Wildman–Crippen LogP) is 1.34. The molecule has 0 unspecified atom stereocenters. The Hall–Kier alpha value is -2.18. The molecule has 1 saturated carbocycles. The van der Waals surface area contributed by atoms with Crippen molar-refractivity contribution >= 4 is 16.8 Å². The maximum atomic E-state index is 12.9. The van der Waals surface area contributed by atoms with Crippen LogP contribution < -0.4 is 10.7 Å². The van der Waals surface area contributed by atoms with Crippen molar-refractivity contribution in [3.05, 3.63) is 45.7 Å². The summed E-state index contributed by atoms with van der Waals surface area (Å²) in [6.07, 6.45) is 3.74. The second-order valence-corrected chi connectivity index (χ2v) is 7.53. The standard InChI is InChI=1S/C20H22N2O4/c1-25-10-15-16(12-6-8-26-19(12)15)21-20(24)14-9-22-7-5-11-3-2-4-13(17(11)22)18(14)23/h2-4,9,12,15-16,19H,5-8,10H2,1H3,(H,21,24)/t12-,15+,16-,19-/m0/s1. The van der Waals surface area contributed by atoms with E-state index in [1.807, 2.05) is 16.7 Å². The number of aromatic nitrogens is 1. The van der Waals surface area contributed by atoms with Crippen LogP contribution in [0.4, 0.5) is 0 Å². The molecule has 1 aromatic carbocycles. The van der Waals surface area contributed by atoms with Crippen molar-refractivity contribution in [2.75, 3.05) is 20.3 Å². The number of rotatable bonds is 4. The van der Waals surface area contributed by atoms with Crippen molar-refractivity contribution in [1.82, 2.24) is 9.88 Å². The first-order chi connectivity index (χ1) is 12.7. The molecule has 4 atom stereocenters. The fraction of sp³-hybridized carbons (Fsp3) is 0.500. The monoisotopic (exact) mass is 354 g/mol. The van der Waals surface area contributed by atoms with E-state index in [4.69, 9.17) is 9.47 Å². The van der Waals surface area contributed by atoms with Gasteiger partial charge in [0.25, 0.3) is 5.91 Å². The SMILES string of the molecule is COC[C@@H]1[C@@H](NC(=O)c2cn3c4c(cccc4c2=O)CC3)[C@@H]2CCO[C@H]12. The van der Waals surface area contributed by atoms with Gasteiger partial charge in [0.1, 0.15) is 5.56 Å². The van der Waals surface area contributed by atoms with Gasteiger partial charge in [-0.15, -0.1) is 0 Å². The van der Waals surface area contributed by atoms with Gasteiger partial charge in [0, 0.05) is 49.7 Å². The molecule has 1 N–H and O–H groups in total. The van der Waals surface area contributed by atoms with Crippen molar-refractivity contribution in [2.24, 2.45) is 11.8 Å². The van der Waals surface area contributed by atoms with Crippen molar-refractivity contribution in [1.29, 1.82) is 0 Å². The molecular weight excluding hydrogens is 332 g/mol. The van der Waals surface area contributed by atoms with E-state index in [1.54, 1.807) is 13.3 Å². The van der Waals surface area contributed by atoms with Gasteiger partial charge in [-0.3, -0.25) is 9.59 Å². The highest BCUT2D eigenvalue weighted by atomic mass is 16.5. The summed E-state index contributed by atoms with van der Waals surface area (Å²) in [6, 6.07) is 5.78. The van der Waals surface area contributed by atoms with E-state index in [0.717, 1.165) is 31.5 Å². The zero-order valence-electron chi connectivity index (χ0n) is 14.7. The first kappa shape index (κ1) is 16.0. The van der Waals surface area contributed by atoms with Crippen molar-refractivity contribution in [2.45, 2.75) is 31.5 Å². The summed E-state index contributed by atoms with van der Waals surface area (Å²) in [5.74, 6) is 0.194. The second kappa shape index (κ2) is 5.93. The molecule has 1 saturated heterocycles. The van der Waals surface area contributed by atoms with Gasteiger partial charge in [-0.05, 0) is 24.5 Å². The number of hydrogen-bond acceptors (Lipinski definition) is 4. The Morgan fingerprint density at radius 1 is 1.42 bits per heavy atom. The van der Waals surface area contributed by atoms with Crippen molar-refractivity contribution < 1.29 is 14.3 Å². The number of methoxy groups -OCH3 is 1. The number of pyridine rings is 1. The summed E-state index contributed by atoms with van der Waals surface area (Å²) >= 11 is 0. The minimum atomic E-state index is -0.283. The van der Waals surface area contributed by atoms with Crippen LogP contribution in [0.2, 0.25) is 0 Å². The number of para-hydroxylation sites is 1. The number of hydrogen-bond donors (Lipinski definition) is 1. The Labute approximate surface area is 151 Å². The summed E-state index contributed by atoms with van der Waals surface area (Å²) in [5, 5.41) is 3.74. The quantitative estimate of drug-likeness (QED) is 0.900. The molecule has 6 heteroatoms. The maximum absolute atomic E-state index is 12.9. The number of nitrogens with one attached hydrogen (secondary N) is 1. The molecule has 136 valence electrons. The molecule has 1 amide bonds. The number of carbonyl (C=O) groups excluding carboxylic acids is 1. The molecule has 0 bridgehead atoms. The normalized spacial score (nSPS) is 28.8. The largest absolute Gasteiger partial charge is 0.384 e. The number of aryl methyl sites for hydroxylation is 2. The highest BCUT2D eigenvalue weighted by Crippen LogP contribution is 2.43. The zero-order valence-corrected chi connectivity index (χ0v) is 14.7. The third-order valence-electron chi connectivity index (χ3n) is 6.23. The minimum absolute atomic E-state index is 0.00922. The molecule has 0 radical (unpaired) electrons. The van der Waals surface area contributed by atoms with Gasteiger partial charge in [0.15, 0.2) is 0 Å².